The van der Waals surface area contributed by atoms with Crippen molar-refractivity contribution < 1.29 is 19.3 Å². The van der Waals surface area contributed by atoms with Gasteiger partial charge >= 0.3 is 0 Å². The molecule has 1 saturated heterocycles. The van der Waals surface area contributed by atoms with Crippen molar-refractivity contribution >= 4 is 0 Å². The van der Waals surface area contributed by atoms with Crippen molar-refractivity contribution in [3.63, 3.8) is 0 Å². The van der Waals surface area contributed by atoms with E-state index >= 15 is 0 Å². The number of ether oxygens (including phenoxy) is 3. The summed E-state index contributed by atoms with van der Waals surface area (Å²) in [7, 11) is 1.56. The number of methoxy groups -OCH3 is 1. The van der Waals surface area contributed by atoms with E-state index in [9.17, 15) is 5.11 Å². The lowest BCUT2D eigenvalue weighted by atomic mass is 10.1. The number of rotatable bonds is 4. The Kier molecular flexibility index (Phi) is 3.51. The molecule has 1 atom stereocenters. The molecule has 0 bridgehead atoms. The third kappa shape index (κ3) is 2.79. The van der Waals surface area contributed by atoms with E-state index in [1.807, 2.05) is 0 Å². The van der Waals surface area contributed by atoms with Crippen molar-refractivity contribution in [3.8, 4) is 17.2 Å². The smallest absolute Gasteiger partial charge is 0.126 e. The van der Waals surface area contributed by atoms with E-state index in [2.05, 4.69) is 0 Å². The first-order valence-electron chi connectivity index (χ1n) is 5.36. The normalized spacial score (nSPS) is 19.7. The average Bonchev–Trinajstić information content (AvgIpc) is 2.78. The number of hydrogen-bond acceptors (Lipinski definition) is 4. The molecular weight excluding hydrogens is 208 g/mol. The van der Waals surface area contributed by atoms with Gasteiger partial charge in [-0.05, 0) is 6.42 Å². The highest BCUT2D eigenvalue weighted by atomic mass is 16.5. The Morgan fingerprint density at radius 2 is 2.19 bits per heavy atom. The summed E-state index contributed by atoms with van der Waals surface area (Å²) in [5, 5.41) is 9.43. The van der Waals surface area contributed by atoms with Crippen LogP contribution in [0.15, 0.2) is 18.2 Å². The molecule has 1 fully saturated rings. The van der Waals surface area contributed by atoms with Gasteiger partial charge in [0.15, 0.2) is 0 Å². The molecule has 0 aromatic heterocycles. The van der Waals surface area contributed by atoms with Gasteiger partial charge in [0.1, 0.15) is 17.2 Å². The molecule has 1 aromatic carbocycles. The molecule has 1 heterocycles. The predicted octanol–water partition coefficient (Wildman–Crippen LogP) is 1.82. The van der Waals surface area contributed by atoms with E-state index < -0.39 is 0 Å². The molecule has 0 saturated carbocycles. The highest BCUT2D eigenvalue weighted by Gasteiger charge is 2.16. The van der Waals surface area contributed by atoms with E-state index in [1.54, 1.807) is 25.3 Å². The van der Waals surface area contributed by atoms with Gasteiger partial charge < -0.3 is 19.3 Å². The second-order valence-electron chi connectivity index (χ2n) is 3.91. The lowest BCUT2D eigenvalue weighted by Crippen LogP contribution is -2.11. The molecule has 0 aliphatic carbocycles. The summed E-state index contributed by atoms with van der Waals surface area (Å²) in [5.74, 6) is 1.83. The third-order valence-electron chi connectivity index (χ3n) is 2.61. The highest BCUT2D eigenvalue weighted by Crippen LogP contribution is 2.27. The zero-order valence-corrected chi connectivity index (χ0v) is 9.31. The molecule has 4 nitrogen and oxygen atoms in total. The number of phenolic OH excluding ortho intramolecular Hbond substituents is 1. The minimum atomic E-state index is 0.150. The van der Waals surface area contributed by atoms with Crippen LogP contribution in [0.5, 0.6) is 17.2 Å². The van der Waals surface area contributed by atoms with Crippen LogP contribution in [0.2, 0.25) is 0 Å². The molecule has 88 valence electrons. The monoisotopic (exact) mass is 224 g/mol. The van der Waals surface area contributed by atoms with Gasteiger partial charge in [-0.3, -0.25) is 0 Å². The number of phenols is 1. The number of hydrogen-bond donors (Lipinski definition) is 1. The van der Waals surface area contributed by atoms with Gasteiger partial charge in [0.2, 0.25) is 0 Å². The second kappa shape index (κ2) is 5.07. The van der Waals surface area contributed by atoms with Gasteiger partial charge in [-0.15, -0.1) is 0 Å². The summed E-state index contributed by atoms with van der Waals surface area (Å²) in [6, 6.07) is 4.89. The zero-order chi connectivity index (χ0) is 11.4. The van der Waals surface area contributed by atoms with Crippen LogP contribution in [0.25, 0.3) is 0 Å². The minimum absolute atomic E-state index is 0.150. The molecule has 1 unspecified atom stereocenters. The van der Waals surface area contributed by atoms with Gasteiger partial charge in [0.05, 0.1) is 20.3 Å². The van der Waals surface area contributed by atoms with Crippen LogP contribution in [-0.4, -0.2) is 32.0 Å². The predicted molar refractivity (Wildman–Crippen MR) is 59.1 cm³/mol. The van der Waals surface area contributed by atoms with Crippen LogP contribution in [-0.2, 0) is 4.74 Å². The molecule has 1 N–H and O–H groups in total. The van der Waals surface area contributed by atoms with Crippen LogP contribution in [0.1, 0.15) is 6.42 Å². The lowest BCUT2D eigenvalue weighted by molar-refractivity contribution is 0.167. The topological polar surface area (TPSA) is 47.9 Å². The first kappa shape index (κ1) is 11.1. The summed E-state index contributed by atoms with van der Waals surface area (Å²) < 4.78 is 15.9. The quantitative estimate of drug-likeness (QED) is 0.847. The first-order valence-corrected chi connectivity index (χ1v) is 5.36. The average molecular weight is 224 g/mol. The maximum absolute atomic E-state index is 9.43. The zero-order valence-electron chi connectivity index (χ0n) is 9.31. The van der Waals surface area contributed by atoms with Gasteiger partial charge in [-0.25, -0.2) is 0 Å². The van der Waals surface area contributed by atoms with Gasteiger partial charge in [-0.2, -0.15) is 0 Å². The Labute approximate surface area is 94.8 Å². The van der Waals surface area contributed by atoms with Crippen molar-refractivity contribution in [1.82, 2.24) is 0 Å². The maximum Gasteiger partial charge on any atom is 0.126 e. The van der Waals surface area contributed by atoms with E-state index in [0.717, 1.165) is 19.6 Å². The Balaban J connectivity index is 1.94. The minimum Gasteiger partial charge on any atom is -0.508 e. The fourth-order valence-electron chi connectivity index (χ4n) is 1.69. The molecule has 0 spiro atoms. The fourth-order valence-corrected chi connectivity index (χ4v) is 1.69. The van der Waals surface area contributed by atoms with Crippen LogP contribution in [0.3, 0.4) is 0 Å². The number of aromatic hydroxyl groups is 1. The van der Waals surface area contributed by atoms with Crippen LogP contribution in [0.4, 0.5) is 0 Å². The van der Waals surface area contributed by atoms with Gasteiger partial charge in [0.25, 0.3) is 0 Å². The van der Waals surface area contributed by atoms with Crippen molar-refractivity contribution in [2.75, 3.05) is 26.9 Å². The Morgan fingerprint density at radius 3 is 2.88 bits per heavy atom. The standard InChI is InChI=1S/C12H16O4/c1-14-11-4-10(13)5-12(6-11)16-8-9-2-3-15-7-9/h4-6,9,13H,2-3,7-8H2,1H3. The first-order chi connectivity index (χ1) is 7.78. The summed E-state index contributed by atoms with van der Waals surface area (Å²) >= 11 is 0. The molecule has 0 radical (unpaired) electrons. The Hall–Kier alpha value is -1.42. The van der Waals surface area contributed by atoms with Gasteiger partial charge in [-0.1, -0.05) is 0 Å². The molecule has 4 heteroatoms. The molecular formula is C12H16O4. The van der Waals surface area contributed by atoms with Crippen molar-refractivity contribution in [2.45, 2.75) is 6.42 Å². The fraction of sp³-hybridized carbons (Fsp3) is 0.500. The summed E-state index contributed by atoms with van der Waals surface area (Å²) in [6.07, 6.45) is 1.04. The molecule has 1 aromatic rings. The molecule has 16 heavy (non-hydrogen) atoms. The van der Waals surface area contributed by atoms with Crippen molar-refractivity contribution in [2.24, 2.45) is 5.92 Å². The second-order valence-corrected chi connectivity index (χ2v) is 3.91. The van der Waals surface area contributed by atoms with E-state index in [0.29, 0.717) is 24.0 Å². The largest absolute Gasteiger partial charge is 0.508 e. The Bertz CT molecular complexity index is 345. The maximum atomic E-state index is 9.43. The van der Waals surface area contributed by atoms with Gasteiger partial charge in [0, 0.05) is 30.7 Å². The molecule has 0 amide bonds. The number of benzene rings is 1. The molecule has 1 aliphatic rings. The van der Waals surface area contributed by atoms with E-state index in [1.165, 1.54) is 0 Å². The van der Waals surface area contributed by atoms with Crippen LogP contribution in [0, 0.1) is 5.92 Å². The summed E-state index contributed by atoms with van der Waals surface area (Å²) in [4.78, 5) is 0. The van der Waals surface area contributed by atoms with Crippen LogP contribution >= 0.6 is 0 Å². The van der Waals surface area contributed by atoms with Crippen molar-refractivity contribution in [3.05, 3.63) is 18.2 Å². The Morgan fingerprint density at radius 1 is 1.38 bits per heavy atom. The van der Waals surface area contributed by atoms with E-state index in [4.69, 9.17) is 14.2 Å². The summed E-state index contributed by atoms with van der Waals surface area (Å²) in [6.45, 7) is 2.19. The third-order valence-corrected chi connectivity index (χ3v) is 2.61. The molecule has 2 rings (SSSR count). The van der Waals surface area contributed by atoms with E-state index in [-0.39, 0.29) is 5.75 Å². The van der Waals surface area contributed by atoms with Crippen LogP contribution < -0.4 is 9.47 Å². The summed E-state index contributed by atoms with van der Waals surface area (Å²) in [5.41, 5.74) is 0. The SMILES string of the molecule is COc1cc(O)cc(OCC2CCOC2)c1. The molecule has 1 aliphatic heterocycles. The lowest BCUT2D eigenvalue weighted by Gasteiger charge is -2.11. The van der Waals surface area contributed by atoms with Crippen molar-refractivity contribution in [1.29, 1.82) is 0 Å². The highest BCUT2D eigenvalue weighted by molar-refractivity contribution is 5.41.